The third-order valence-corrected chi connectivity index (χ3v) is 1.56. The minimum absolute atomic E-state index is 0.173. The van der Waals surface area contributed by atoms with E-state index < -0.39 is 0 Å². The molecule has 0 aliphatic rings. The molecular weight excluding hydrogens is 156 g/mol. The SMILES string of the molecule is CNCc1ccccc1[N+](=O)[O-]. The van der Waals surface area contributed by atoms with Crippen molar-refractivity contribution in [2.24, 2.45) is 0 Å². The fourth-order valence-corrected chi connectivity index (χ4v) is 1.03. The van der Waals surface area contributed by atoms with E-state index in [1.807, 2.05) is 0 Å². The van der Waals surface area contributed by atoms with Crippen LogP contribution in [0.3, 0.4) is 0 Å². The van der Waals surface area contributed by atoms with Gasteiger partial charge in [0.2, 0.25) is 0 Å². The highest BCUT2D eigenvalue weighted by Gasteiger charge is 2.10. The predicted octanol–water partition coefficient (Wildman–Crippen LogP) is 1.31. The lowest BCUT2D eigenvalue weighted by Crippen LogP contribution is -2.07. The number of hydrogen-bond acceptors (Lipinski definition) is 3. The van der Waals surface area contributed by atoms with Gasteiger partial charge in [0.1, 0.15) is 0 Å². The van der Waals surface area contributed by atoms with Crippen LogP contribution in [0.4, 0.5) is 5.69 Å². The number of nitro benzene ring substituents is 1. The summed E-state index contributed by atoms with van der Waals surface area (Å²) >= 11 is 0. The van der Waals surface area contributed by atoms with Gasteiger partial charge in [0, 0.05) is 18.2 Å². The van der Waals surface area contributed by atoms with E-state index in [1.165, 1.54) is 6.07 Å². The minimum atomic E-state index is -0.368. The summed E-state index contributed by atoms with van der Waals surface area (Å²) in [6, 6.07) is 6.71. The van der Waals surface area contributed by atoms with E-state index >= 15 is 0 Å². The highest BCUT2D eigenvalue weighted by molar-refractivity contribution is 5.39. The van der Waals surface area contributed by atoms with Crippen molar-refractivity contribution in [2.75, 3.05) is 7.05 Å². The Morgan fingerprint density at radius 1 is 1.50 bits per heavy atom. The van der Waals surface area contributed by atoms with Crippen molar-refractivity contribution in [3.8, 4) is 0 Å². The van der Waals surface area contributed by atoms with Crippen LogP contribution in [0.2, 0.25) is 0 Å². The molecule has 0 spiro atoms. The Balaban J connectivity index is 3.00. The lowest BCUT2D eigenvalue weighted by atomic mass is 10.2. The van der Waals surface area contributed by atoms with Gasteiger partial charge in [-0.2, -0.15) is 0 Å². The monoisotopic (exact) mass is 166 g/mol. The molecule has 0 aromatic heterocycles. The van der Waals surface area contributed by atoms with Gasteiger partial charge in [-0.05, 0) is 7.05 Å². The molecule has 1 N–H and O–H groups in total. The van der Waals surface area contributed by atoms with Crippen molar-refractivity contribution in [1.82, 2.24) is 5.32 Å². The second-order valence-corrected chi connectivity index (χ2v) is 2.42. The summed E-state index contributed by atoms with van der Waals surface area (Å²) in [6.07, 6.45) is 0. The van der Waals surface area contributed by atoms with E-state index in [-0.39, 0.29) is 10.6 Å². The molecule has 0 heterocycles. The normalized spacial score (nSPS) is 9.75. The smallest absolute Gasteiger partial charge is 0.273 e. The van der Waals surface area contributed by atoms with Crippen LogP contribution in [0.1, 0.15) is 5.56 Å². The van der Waals surface area contributed by atoms with Crippen LogP contribution >= 0.6 is 0 Å². The Bertz CT molecular complexity index is 286. The van der Waals surface area contributed by atoms with Gasteiger partial charge in [0.05, 0.1) is 4.92 Å². The maximum Gasteiger partial charge on any atom is 0.273 e. The van der Waals surface area contributed by atoms with Crippen LogP contribution < -0.4 is 5.32 Å². The Hall–Kier alpha value is -1.42. The number of benzene rings is 1. The molecule has 0 saturated heterocycles. The van der Waals surface area contributed by atoms with Crippen LogP contribution in [0.5, 0.6) is 0 Å². The molecule has 0 unspecified atom stereocenters. The molecule has 12 heavy (non-hydrogen) atoms. The zero-order valence-corrected chi connectivity index (χ0v) is 6.78. The first-order valence-electron chi connectivity index (χ1n) is 3.62. The molecule has 4 heteroatoms. The first-order valence-corrected chi connectivity index (χ1v) is 3.62. The molecule has 0 radical (unpaired) electrons. The van der Waals surface area contributed by atoms with Crippen molar-refractivity contribution >= 4 is 5.69 Å². The van der Waals surface area contributed by atoms with E-state index in [4.69, 9.17) is 0 Å². The fraction of sp³-hybridized carbons (Fsp3) is 0.250. The average Bonchev–Trinajstić information content (AvgIpc) is 2.05. The minimum Gasteiger partial charge on any atom is -0.315 e. The second-order valence-electron chi connectivity index (χ2n) is 2.42. The van der Waals surface area contributed by atoms with Gasteiger partial charge in [-0.15, -0.1) is 0 Å². The summed E-state index contributed by atoms with van der Waals surface area (Å²) in [7, 11) is 1.76. The van der Waals surface area contributed by atoms with E-state index in [0.29, 0.717) is 12.1 Å². The summed E-state index contributed by atoms with van der Waals surface area (Å²) in [5, 5.41) is 13.3. The van der Waals surface area contributed by atoms with Gasteiger partial charge in [0.25, 0.3) is 5.69 Å². The van der Waals surface area contributed by atoms with E-state index in [2.05, 4.69) is 5.32 Å². The second kappa shape index (κ2) is 3.82. The summed E-state index contributed by atoms with van der Waals surface area (Å²) in [6.45, 7) is 0.525. The molecule has 0 amide bonds. The highest BCUT2D eigenvalue weighted by Crippen LogP contribution is 2.16. The number of nitrogens with one attached hydrogen (secondary N) is 1. The molecule has 4 nitrogen and oxygen atoms in total. The van der Waals surface area contributed by atoms with Crippen molar-refractivity contribution in [3.63, 3.8) is 0 Å². The maximum absolute atomic E-state index is 10.5. The zero-order valence-electron chi connectivity index (χ0n) is 6.78. The first kappa shape index (κ1) is 8.67. The van der Waals surface area contributed by atoms with Crippen LogP contribution in [-0.4, -0.2) is 12.0 Å². The Morgan fingerprint density at radius 3 is 2.75 bits per heavy atom. The first-order chi connectivity index (χ1) is 5.75. The number of hydrogen-bond donors (Lipinski definition) is 1. The number of nitrogens with zero attached hydrogens (tertiary/aromatic N) is 1. The summed E-state index contributed by atoms with van der Waals surface area (Å²) in [5.74, 6) is 0. The number of nitro groups is 1. The van der Waals surface area contributed by atoms with Crippen molar-refractivity contribution in [1.29, 1.82) is 0 Å². The molecule has 1 aromatic rings. The van der Waals surface area contributed by atoms with Crippen molar-refractivity contribution < 1.29 is 4.92 Å². The van der Waals surface area contributed by atoms with Gasteiger partial charge in [0.15, 0.2) is 0 Å². The van der Waals surface area contributed by atoms with Gasteiger partial charge >= 0.3 is 0 Å². The van der Waals surface area contributed by atoms with E-state index in [9.17, 15) is 10.1 Å². The maximum atomic E-state index is 10.5. The van der Waals surface area contributed by atoms with Crippen LogP contribution in [0, 0.1) is 10.1 Å². The van der Waals surface area contributed by atoms with Gasteiger partial charge in [-0.3, -0.25) is 10.1 Å². The largest absolute Gasteiger partial charge is 0.315 e. The van der Waals surface area contributed by atoms with Gasteiger partial charge in [-0.25, -0.2) is 0 Å². The van der Waals surface area contributed by atoms with Crippen molar-refractivity contribution in [2.45, 2.75) is 6.54 Å². The number of rotatable bonds is 3. The Morgan fingerprint density at radius 2 is 2.17 bits per heavy atom. The highest BCUT2D eigenvalue weighted by atomic mass is 16.6. The van der Waals surface area contributed by atoms with Crippen LogP contribution in [0.15, 0.2) is 24.3 Å². The molecular formula is C8H10N2O2. The third kappa shape index (κ3) is 1.79. The molecule has 0 aliphatic heterocycles. The quantitative estimate of drug-likeness (QED) is 0.544. The molecule has 0 fully saturated rings. The van der Waals surface area contributed by atoms with Crippen LogP contribution in [-0.2, 0) is 6.54 Å². The van der Waals surface area contributed by atoms with Crippen molar-refractivity contribution in [3.05, 3.63) is 39.9 Å². The molecule has 0 atom stereocenters. The van der Waals surface area contributed by atoms with Crippen LogP contribution in [0.25, 0.3) is 0 Å². The number of para-hydroxylation sites is 1. The summed E-state index contributed by atoms with van der Waals surface area (Å²) in [5.41, 5.74) is 0.886. The average molecular weight is 166 g/mol. The summed E-state index contributed by atoms with van der Waals surface area (Å²) in [4.78, 5) is 10.1. The molecule has 1 rings (SSSR count). The molecule has 64 valence electrons. The molecule has 0 aliphatic carbocycles. The fourth-order valence-electron chi connectivity index (χ4n) is 1.03. The molecule has 0 bridgehead atoms. The Kier molecular flexibility index (Phi) is 2.76. The predicted molar refractivity (Wildman–Crippen MR) is 45.9 cm³/mol. The van der Waals surface area contributed by atoms with E-state index in [1.54, 1.807) is 25.2 Å². The van der Waals surface area contributed by atoms with E-state index in [0.717, 1.165) is 0 Å². The molecule has 0 saturated carbocycles. The topological polar surface area (TPSA) is 55.2 Å². The zero-order chi connectivity index (χ0) is 8.97. The third-order valence-electron chi connectivity index (χ3n) is 1.56. The molecule has 1 aromatic carbocycles. The van der Waals surface area contributed by atoms with Gasteiger partial charge in [-0.1, -0.05) is 18.2 Å². The lowest BCUT2D eigenvalue weighted by Gasteiger charge is -1.99. The van der Waals surface area contributed by atoms with Gasteiger partial charge < -0.3 is 5.32 Å². The summed E-state index contributed by atoms with van der Waals surface area (Å²) < 4.78 is 0. The standard InChI is InChI=1S/C8H10N2O2/c1-9-6-7-4-2-3-5-8(7)10(11)12/h2-5,9H,6H2,1H3. The lowest BCUT2D eigenvalue weighted by molar-refractivity contribution is -0.385. The Labute approximate surface area is 70.4 Å².